The molecule has 218 valence electrons. The van der Waals surface area contributed by atoms with Crippen molar-refractivity contribution < 1.29 is 0 Å². The van der Waals surface area contributed by atoms with E-state index in [1.807, 2.05) is 24.5 Å². The Kier molecular flexibility index (Phi) is 8.74. The van der Waals surface area contributed by atoms with Crippen molar-refractivity contribution >= 4 is 0 Å². The zero-order valence-corrected chi connectivity index (χ0v) is 25.6. The molecule has 3 nitrogen and oxygen atoms in total. The molecule has 3 heteroatoms. The van der Waals surface area contributed by atoms with Crippen LogP contribution in [0.3, 0.4) is 0 Å². The predicted molar refractivity (Wildman–Crippen MR) is 181 cm³/mol. The van der Waals surface area contributed by atoms with Crippen LogP contribution in [0.2, 0.25) is 0 Å². The fourth-order valence-corrected chi connectivity index (χ4v) is 6.45. The number of hydrogen-bond acceptors (Lipinski definition) is 3. The molecule has 44 heavy (non-hydrogen) atoms. The molecular weight excluding hydrogens is 534 g/mol. The Morgan fingerprint density at radius 1 is 0.477 bits per heavy atom. The van der Waals surface area contributed by atoms with Crippen LogP contribution in [0.4, 0.5) is 0 Å². The topological polar surface area (TPSA) is 38.7 Å². The van der Waals surface area contributed by atoms with Gasteiger partial charge >= 0.3 is 0 Å². The van der Waals surface area contributed by atoms with Gasteiger partial charge in [-0.2, -0.15) is 0 Å². The fourth-order valence-electron chi connectivity index (χ4n) is 6.45. The van der Waals surface area contributed by atoms with Crippen molar-refractivity contribution in [2.24, 2.45) is 0 Å². The molecule has 6 aromatic rings. The Morgan fingerprint density at radius 3 is 1.82 bits per heavy atom. The quantitative estimate of drug-likeness (QED) is 0.155. The Bertz CT molecular complexity index is 1640. The van der Waals surface area contributed by atoms with Gasteiger partial charge in [-0.1, -0.05) is 111 Å². The first-order chi connectivity index (χ1) is 21.5. The van der Waals surface area contributed by atoms with E-state index in [2.05, 4.69) is 146 Å². The number of pyridine rings is 3. The van der Waals surface area contributed by atoms with E-state index in [9.17, 15) is 0 Å². The molecule has 0 aliphatic carbocycles. The highest BCUT2D eigenvalue weighted by molar-refractivity contribution is 5.60. The van der Waals surface area contributed by atoms with Crippen LogP contribution in [0.5, 0.6) is 0 Å². The van der Waals surface area contributed by atoms with Gasteiger partial charge in [0, 0.05) is 52.3 Å². The third-order valence-corrected chi connectivity index (χ3v) is 8.68. The predicted octanol–water partition coefficient (Wildman–Crippen LogP) is 9.02. The normalized spacial score (nSPS) is 14.0. The summed E-state index contributed by atoms with van der Waals surface area (Å²) in [6.07, 6.45) is 7.23. The summed E-state index contributed by atoms with van der Waals surface area (Å²) < 4.78 is 0. The van der Waals surface area contributed by atoms with Crippen molar-refractivity contribution in [3.8, 4) is 11.3 Å². The molecule has 0 saturated heterocycles. The lowest BCUT2D eigenvalue weighted by Crippen LogP contribution is -2.29. The van der Waals surface area contributed by atoms with Gasteiger partial charge in [0.25, 0.3) is 0 Å². The molecule has 3 aromatic carbocycles. The summed E-state index contributed by atoms with van der Waals surface area (Å²) in [5.74, 6) is 0. The van der Waals surface area contributed by atoms with Crippen molar-refractivity contribution in [1.29, 1.82) is 0 Å². The van der Waals surface area contributed by atoms with Gasteiger partial charge in [-0.3, -0.25) is 15.0 Å². The molecular formula is C41H39N3. The molecule has 3 aromatic heterocycles. The standard InChI is InChI=1S/C41H39N3/c1-40(35-19-7-4-8-20-35,30-36-21-9-11-25-42-36)29-33-17-13-18-34(27-33)38-23-14-22-37(44-38)31-41(2,39-24-10-12-26-43-39)28-32-15-5-3-6-16-32/h3-27H,28-31H2,1-2H3. The SMILES string of the molecule is CC(Cc1cccc(-c2cccc(CC(C)(Cc3ccccc3)c3ccccn3)n2)c1)(Cc1ccccn1)c1ccccc1. The van der Waals surface area contributed by atoms with Gasteiger partial charge in [0.2, 0.25) is 0 Å². The van der Waals surface area contributed by atoms with E-state index in [-0.39, 0.29) is 10.8 Å². The molecule has 2 atom stereocenters. The van der Waals surface area contributed by atoms with Gasteiger partial charge < -0.3 is 0 Å². The van der Waals surface area contributed by atoms with E-state index in [1.165, 1.54) is 16.7 Å². The number of rotatable bonds is 11. The summed E-state index contributed by atoms with van der Waals surface area (Å²) in [5.41, 5.74) is 9.02. The van der Waals surface area contributed by atoms with E-state index < -0.39 is 0 Å². The number of benzene rings is 3. The number of nitrogens with zero attached hydrogens (tertiary/aromatic N) is 3. The molecule has 0 amide bonds. The van der Waals surface area contributed by atoms with E-state index in [0.717, 1.165) is 54.0 Å². The van der Waals surface area contributed by atoms with Crippen LogP contribution in [0.15, 0.2) is 152 Å². The van der Waals surface area contributed by atoms with Gasteiger partial charge in [0.1, 0.15) is 0 Å². The van der Waals surface area contributed by atoms with Gasteiger partial charge in [0.15, 0.2) is 0 Å². The molecule has 6 rings (SSSR count). The van der Waals surface area contributed by atoms with Crippen molar-refractivity contribution in [2.75, 3.05) is 0 Å². The summed E-state index contributed by atoms with van der Waals surface area (Å²) in [4.78, 5) is 14.7. The summed E-state index contributed by atoms with van der Waals surface area (Å²) >= 11 is 0. The van der Waals surface area contributed by atoms with E-state index in [0.29, 0.717) is 0 Å². The minimum absolute atomic E-state index is 0.106. The minimum Gasteiger partial charge on any atom is -0.261 e. The summed E-state index contributed by atoms with van der Waals surface area (Å²) in [5, 5.41) is 0. The van der Waals surface area contributed by atoms with Crippen molar-refractivity contribution in [3.05, 3.63) is 186 Å². The van der Waals surface area contributed by atoms with Crippen molar-refractivity contribution in [3.63, 3.8) is 0 Å². The van der Waals surface area contributed by atoms with Gasteiger partial charge in [0.05, 0.1) is 5.69 Å². The highest BCUT2D eigenvalue weighted by Crippen LogP contribution is 2.34. The fraction of sp³-hybridized carbons (Fsp3) is 0.195. The summed E-state index contributed by atoms with van der Waals surface area (Å²) in [7, 11) is 0. The van der Waals surface area contributed by atoms with Gasteiger partial charge in [-0.15, -0.1) is 0 Å². The lowest BCUT2D eigenvalue weighted by atomic mass is 9.73. The maximum Gasteiger partial charge on any atom is 0.0705 e. The first-order valence-electron chi connectivity index (χ1n) is 15.5. The zero-order valence-electron chi connectivity index (χ0n) is 25.6. The molecule has 0 bridgehead atoms. The van der Waals surface area contributed by atoms with E-state index in [4.69, 9.17) is 9.97 Å². The minimum atomic E-state index is -0.195. The second kappa shape index (κ2) is 13.2. The highest BCUT2D eigenvalue weighted by atomic mass is 14.7. The second-order valence-electron chi connectivity index (χ2n) is 12.4. The van der Waals surface area contributed by atoms with Crippen LogP contribution in [0.25, 0.3) is 11.3 Å². The Hall–Kier alpha value is -4.89. The molecule has 0 radical (unpaired) electrons. The number of aromatic nitrogens is 3. The van der Waals surface area contributed by atoms with Crippen LogP contribution in [0.1, 0.15) is 47.6 Å². The lowest BCUT2D eigenvalue weighted by molar-refractivity contribution is 0.446. The van der Waals surface area contributed by atoms with E-state index >= 15 is 0 Å². The monoisotopic (exact) mass is 573 g/mol. The van der Waals surface area contributed by atoms with Crippen LogP contribution in [0, 0.1) is 0 Å². The summed E-state index contributed by atoms with van der Waals surface area (Å²) in [6, 6.07) is 49.2. The Labute approximate surface area is 261 Å². The van der Waals surface area contributed by atoms with Gasteiger partial charge in [-0.05, 0) is 78.4 Å². The molecule has 0 aliphatic heterocycles. The third kappa shape index (κ3) is 7.01. The summed E-state index contributed by atoms with van der Waals surface area (Å²) in [6.45, 7) is 4.66. The van der Waals surface area contributed by atoms with E-state index in [1.54, 1.807) is 0 Å². The van der Waals surface area contributed by atoms with Crippen LogP contribution >= 0.6 is 0 Å². The average molecular weight is 574 g/mol. The highest BCUT2D eigenvalue weighted by Gasteiger charge is 2.30. The molecule has 3 heterocycles. The Morgan fingerprint density at radius 2 is 1.09 bits per heavy atom. The largest absolute Gasteiger partial charge is 0.261 e. The molecule has 0 aliphatic rings. The molecule has 0 N–H and O–H groups in total. The lowest BCUT2D eigenvalue weighted by Gasteiger charge is -2.31. The maximum absolute atomic E-state index is 5.22. The average Bonchev–Trinajstić information content (AvgIpc) is 3.07. The first kappa shape index (κ1) is 29.2. The third-order valence-electron chi connectivity index (χ3n) is 8.68. The molecule has 0 fully saturated rings. The Balaban J connectivity index is 1.29. The zero-order chi connectivity index (χ0) is 30.2. The number of hydrogen-bond donors (Lipinski definition) is 0. The molecule has 0 spiro atoms. The first-order valence-corrected chi connectivity index (χ1v) is 15.5. The van der Waals surface area contributed by atoms with Crippen molar-refractivity contribution in [2.45, 2.75) is 50.4 Å². The second-order valence-corrected chi connectivity index (χ2v) is 12.4. The van der Waals surface area contributed by atoms with Gasteiger partial charge in [-0.25, -0.2) is 0 Å². The van der Waals surface area contributed by atoms with Crippen LogP contribution in [-0.4, -0.2) is 15.0 Å². The van der Waals surface area contributed by atoms with Crippen LogP contribution < -0.4 is 0 Å². The maximum atomic E-state index is 5.22. The molecule has 2 unspecified atom stereocenters. The van der Waals surface area contributed by atoms with Crippen molar-refractivity contribution in [1.82, 2.24) is 15.0 Å². The molecule has 0 saturated carbocycles. The smallest absolute Gasteiger partial charge is 0.0705 e. The van der Waals surface area contributed by atoms with Crippen LogP contribution in [-0.2, 0) is 36.5 Å².